The smallest absolute Gasteiger partial charge is 0.322 e. The summed E-state index contributed by atoms with van der Waals surface area (Å²) in [4.78, 5) is 21.8. The summed E-state index contributed by atoms with van der Waals surface area (Å²) in [5, 5.41) is 5.49. The number of halogens is 2. The van der Waals surface area contributed by atoms with E-state index in [0.717, 1.165) is 0 Å². The molecule has 0 saturated carbocycles. The number of rotatable bonds is 2. The van der Waals surface area contributed by atoms with E-state index in [1.165, 1.54) is 0 Å². The predicted octanol–water partition coefficient (Wildman–Crippen LogP) is 0.354. The Morgan fingerprint density at radius 1 is 1.27 bits per heavy atom. The first-order valence-electron chi connectivity index (χ1n) is 2.90. The van der Waals surface area contributed by atoms with Crippen LogP contribution in [0.2, 0.25) is 0 Å². The van der Waals surface area contributed by atoms with E-state index in [-0.39, 0.29) is 5.91 Å². The van der Waals surface area contributed by atoms with Gasteiger partial charge in [0.1, 0.15) is 5.54 Å². The third-order valence-corrected chi connectivity index (χ3v) is 3.39. The number of hydrogen-bond acceptors (Lipinski definition) is 2. The number of imide groups is 1. The Morgan fingerprint density at radius 3 is 2.00 bits per heavy atom. The second-order valence-electron chi connectivity index (χ2n) is 2.26. The fourth-order valence-corrected chi connectivity index (χ4v) is 2.47. The lowest BCUT2D eigenvalue weighted by Gasteiger charge is -2.19. The third kappa shape index (κ3) is 1.41. The highest BCUT2D eigenvalue weighted by Crippen LogP contribution is 2.16. The van der Waals surface area contributed by atoms with E-state index in [9.17, 15) is 9.59 Å². The van der Waals surface area contributed by atoms with E-state index >= 15 is 0 Å². The van der Waals surface area contributed by atoms with Gasteiger partial charge in [-0.05, 0) is 0 Å². The van der Waals surface area contributed by atoms with E-state index in [1.807, 2.05) is 0 Å². The molecule has 1 heterocycles. The topological polar surface area (TPSA) is 58.2 Å². The normalized spacial score (nSPS) is 21.3. The van der Waals surface area contributed by atoms with E-state index in [0.29, 0.717) is 10.7 Å². The van der Waals surface area contributed by atoms with Gasteiger partial charge in [0.15, 0.2) is 0 Å². The number of hydrogen-bond donors (Lipinski definition) is 2. The first-order valence-corrected chi connectivity index (χ1v) is 5.14. The first kappa shape index (κ1) is 8.99. The molecular formula is C5H6Br2N2O2. The standard InChI is InChI=1S/C5H6Br2N2O2/c6-1-5(2-7)3(10)8-4(11)9-5/h1-2H2,(H2,8,9,10,11). The molecule has 11 heavy (non-hydrogen) atoms. The molecule has 3 amide bonds. The van der Waals surface area contributed by atoms with Crippen LogP contribution in [0.1, 0.15) is 0 Å². The zero-order chi connectivity index (χ0) is 8.48. The van der Waals surface area contributed by atoms with Crippen LogP contribution < -0.4 is 10.6 Å². The summed E-state index contributed by atoms with van der Waals surface area (Å²) in [5.74, 6) is -0.295. The molecule has 1 fully saturated rings. The minimum absolute atomic E-state index is 0.295. The van der Waals surface area contributed by atoms with Crippen LogP contribution in [0, 0.1) is 0 Å². The highest BCUT2D eigenvalue weighted by Gasteiger charge is 2.44. The molecule has 1 aliphatic rings. The average Bonchev–Trinajstić information content (AvgIpc) is 2.27. The van der Waals surface area contributed by atoms with Crippen LogP contribution in [-0.2, 0) is 4.79 Å². The largest absolute Gasteiger partial charge is 0.322 e. The fourth-order valence-electron chi connectivity index (χ4n) is 0.752. The average molecular weight is 286 g/mol. The Hall–Kier alpha value is -0.100. The zero-order valence-electron chi connectivity index (χ0n) is 5.49. The van der Waals surface area contributed by atoms with Crippen molar-refractivity contribution in [2.45, 2.75) is 5.54 Å². The van der Waals surface area contributed by atoms with E-state index in [2.05, 4.69) is 42.5 Å². The van der Waals surface area contributed by atoms with Gasteiger partial charge >= 0.3 is 6.03 Å². The van der Waals surface area contributed by atoms with Crippen molar-refractivity contribution in [1.82, 2.24) is 10.6 Å². The van der Waals surface area contributed by atoms with Crippen LogP contribution in [0.5, 0.6) is 0 Å². The summed E-state index contributed by atoms with van der Waals surface area (Å²) in [6.45, 7) is 0. The maximum atomic E-state index is 11.1. The summed E-state index contributed by atoms with van der Waals surface area (Å²) >= 11 is 6.31. The lowest BCUT2D eigenvalue weighted by Crippen LogP contribution is -2.50. The van der Waals surface area contributed by atoms with Crippen molar-refractivity contribution in [3.8, 4) is 0 Å². The lowest BCUT2D eigenvalue weighted by atomic mass is 10.1. The highest BCUT2D eigenvalue weighted by atomic mass is 79.9. The number of carbonyl (C=O) groups excluding carboxylic acids is 2. The van der Waals surface area contributed by atoms with Crippen LogP contribution in [0.3, 0.4) is 0 Å². The molecule has 1 rings (SSSR count). The summed E-state index contributed by atoms with van der Waals surface area (Å²) < 4.78 is 0. The Morgan fingerprint density at radius 2 is 1.82 bits per heavy atom. The molecule has 0 radical (unpaired) electrons. The Balaban J connectivity index is 2.84. The highest BCUT2D eigenvalue weighted by molar-refractivity contribution is 9.10. The van der Waals surface area contributed by atoms with Crippen molar-refractivity contribution in [2.75, 3.05) is 10.7 Å². The van der Waals surface area contributed by atoms with Crippen LogP contribution in [0.25, 0.3) is 0 Å². The molecule has 0 aliphatic carbocycles. The molecule has 0 spiro atoms. The minimum Gasteiger partial charge on any atom is -0.322 e. The summed E-state index contributed by atoms with van der Waals surface area (Å²) in [5.41, 5.74) is -0.808. The van der Waals surface area contributed by atoms with Crippen molar-refractivity contribution in [3.63, 3.8) is 0 Å². The summed E-state index contributed by atoms with van der Waals surface area (Å²) in [6.07, 6.45) is 0. The van der Waals surface area contributed by atoms with Gasteiger partial charge in [0.2, 0.25) is 0 Å². The van der Waals surface area contributed by atoms with Crippen molar-refractivity contribution < 1.29 is 9.59 Å². The van der Waals surface area contributed by atoms with Gasteiger partial charge in [-0.3, -0.25) is 10.1 Å². The molecule has 0 unspecified atom stereocenters. The molecule has 0 atom stereocenters. The number of alkyl halides is 2. The van der Waals surface area contributed by atoms with Gasteiger partial charge in [-0.2, -0.15) is 0 Å². The molecule has 4 nitrogen and oxygen atoms in total. The number of nitrogens with one attached hydrogen (secondary N) is 2. The van der Waals surface area contributed by atoms with Crippen LogP contribution in [-0.4, -0.2) is 28.1 Å². The van der Waals surface area contributed by atoms with Crippen molar-refractivity contribution in [3.05, 3.63) is 0 Å². The van der Waals surface area contributed by atoms with E-state index in [4.69, 9.17) is 0 Å². The minimum atomic E-state index is -0.808. The summed E-state index contributed by atoms with van der Waals surface area (Å²) in [6, 6.07) is -0.436. The lowest BCUT2D eigenvalue weighted by molar-refractivity contribution is -0.122. The molecule has 1 aliphatic heterocycles. The molecule has 0 aromatic rings. The second kappa shape index (κ2) is 3.10. The van der Waals surface area contributed by atoms with Crippen molar-refractivity contribution in [2.24, 2.45) is 0 Å². The molecule has 0 aromatic heterocycles. The van der Waals surface area contributed by atoms with Crippen LogP contribution in [0.4, 0.5) is 4.79 Å². The monoisotopic (exact) mass is 284 g/mol. The molecule has 2 N–H and O–H groups in total. The van der Waals surface area contributed by atoms with Gasteiger partial charge in [-0.1, -0.05) is 31.9 Å². The quantitative estimate of drug-likeness (QED) is 0.568. The van der Waals surface area contributed by atoms with Crippen LogP contribution in [0.15, 0.2) is 0 Å². The Labute approximate surface area is 80.4 Å². The maximum Gasteiger partial charge on any atom is 0.322 e. The van der Waals surface area contributed by atoms with E-state index < -0.39 is 11.6 Å². The van der Waals surface area contributed by atoms with Gasteiger partial charge in [0.05, 0.1) is 0 Å². The Bertz CT molecular complexity index is 203. The van der Waals surface area contributed by atoms with Crippen molar-refractivity contribution >= 4 is 43.8 Å². The summed E-state index contributed by atoms with van der Waals surface area (Å²) in [7, 11) is 0. The number of amides is 3. The molecule has 62 valence electrons. The molecule has 0 bridgehead atoms. The molecular weight excluding hydrogens is 280 g/mol. The van der Waals surface area contributed by atoms with Gasteiger partial charge in [0.25, 0.3) is 5.91 Å². The van der Waals surface area contributed by atoms with Gasteiger partial charge < -0.3 is 5.32 Å². The number of urea groups is 1. The number of carbonyl (C=O) groups is 2. The SMILES string of the molecule is O=C1NC(=O)C(CBr)(CBr)N1. The molecule has 6 heteroatoms. The van der Waals surface area contributed by atoms with Gasteiger partial charge in [-0.25, -0.2) is 4.79 Å². The predicted molar refractivity (Wildman–Crippen MR) is 47.0 cm³/mol. The molecule has 0 aromatic carbocycles. The van der Waals surface area contributed by atoms with Crippen LogP contribution >= 0.6 is 31.9 Å². The first-order chi connectivity index (χ1) is 5.14. The Kier molecular flexibility index (Phi) is 2.54. The second-order valence-corrected chi connectivity index (χ2v) is 3.38. The van der Waals surface area contributed by atoms with Gasteiger partial charge in [-0.15, -0.1) is 0 Å². The zero-order valence-corrected chi connectivity index (χ0v) is 8.66. The maximum absolute atomic E-state index is 11.1. The molecule has 1 saturated heterocycles. The third-order valence-electron chi connectivity index (χ3n) is 1.47. The fraction of sp³-hybridized carbons (Fsp3) is 0.600. The van der Waals surface area contributed by atoms with E-state index in [1.54, 1.807) is 0 Å². The van der Waals surface area contributed by atoms with Crippen molar-refractivity contribution in [1.29, 1.82) is 0 Å². The van der Waals surface area contributed by atoms with Gasteiger partial charge in [0, 0.05) is 10.7 Å².